The summed E-state index contributed by atoms with van der Waals surface area (Å²) in [5.74, 6) is 0.0954. The highest BCUT2D eigenvalue weighted by atomic mass is 19.1. The van der Waals surface area contributed by atoms with Crippen molar-refractivity contribution in [3.8, 4) is 17.1 Å². The zero-order valence-electron chi connectivity index (χ0n) is 23.6. The van der Waals surface area contributed by atoms with E-state index in [4.69, 9.17) is 0 Å². The van der Waals surface area contributed by atoms with Gasteiger partial charge in [-0.25, -0.2) is 14.4 Å². The van der Waals surface area contributed by atoms with Gasteiger partial charge in [-0.1, -0.05) is 12.1 Å². The molecule has 3 heterocycles. The number of hydrogen-bond acceptors (Lipinski definition) is 6. The van der Waals surface area contributed by atoms with Crippen LogP contribution in [-0.4, -0.2) is 51.1 Å². The van der Waals surface area contributed by atoms with Gasteiger partial charge in [0.15, 0.2) is 0 Å². The lowest BCUT2D eigenvalue weighted by Gasteiger charge is -2.17. The predicted octanol–water partition coefficient (Wildman–Crippen LogP) is 3.65. The molecule has 1 atom stereocenters. The summed E-state index contributed by atoms with van der Waals surface area (Å²) in [4.78, 5) is 48.0. The topological polar surface area (TPSA) is 123 Å². The van der Waals surface area contributed by atoms with Crippen LogP contribution in [-0.2, 0) is 11.3 Å². The number of pyridine rings is 1. The number of aryl methyl sites for hydroxylation is 1. The second kappa shape index (κ2) is 11.8. The number of likely N-dealkylation sites (N-methyl/N-ethyl adjacent to an activating group) is 1. The van der Waals surface area contributed by atoms with Crippen LogP contribution >= 0.6 is 0 Å². The molecule has 0 radical (unpaired) electrons. The summed E-state index contributed by atoms with van der Waals surface area (Å²) in [6, 6.07) is 17.8. The summed E-state index contributed by atoms with van der Waals surface area (Å²) in [6.07, 6.45) is 1.80. The Morgan fingerprint density at radius 2 is 1.81 bits per heavy atom. The van der Waals surface area contributed by atoms with Gasteiger partial charge in [-0.2, -0.15) is 0 Å². The van der Waals surface area contributed by atoms with Gasteiger partial charge in [0, 0.05) is 30.3 Å². The highest BCUT2D eigenvalue weighted by molar-refractivity contribution is 5.96. The van der Waals surface area contributed by atoms with Gasteiger partial charge in [-0.15, -0.1) is 0 Å². The maximum absolute atomic E-state index is 13.9. The van der Waals surface area contributed by atoms with Crippen molar-refractivity contribution in [1.82, 2.24) is 29.7 Å². The van der Waals surface area contributed by atoms with Gasteiger partial charge >= 0.3 is 0 Å². The molecule has 0 bridgehead atoms. The van der Waals surface area contributed by atoms with Crippen molar-refractivity contribution in [3.63, 3.8) is 0 Å². The highest BCUT2D eigenvalue weighted by Gasteiger charge is 2.18. The highest BCUT2D eigenvalue weighted by Crippen LogP contribution is 2.24. The molecule has 0 aliphatic heterocycles. The lowest BCUT2D eigenvalue weighted by molar-refractivity contribution is -0.117. The maximum Gasteiger partial charge on any atom is 0.275 e. The molecule has 0 aliphatic carbocycles. The number of nitrogens with zero attached hydrogens (tertiary/aromatic N) is 4. The van der Waals surface area contributed by atoms with E-state index in [1.165, 1.54) is 16.7 Å². The molecule has 3 aromatic heterocycles. The SMILES string of the molecule is CNC(=O)c1cccc(-c2ccc(NC(=O)[C@H](C)NC)c(=O)n2Cc2cc(-n3ccc4cc(F)ccc43)nc(C)n2)c1. The average Bonchev–Trinajstić information content (AvgIpc) is 3.41. The number of hydrogen-bond donors (Lipinski definition) is 3. The first-order valence-electron chi connectivity index (χ1n) is 13.3. The van der Waals surface area contributed by atoms with Crippen LogP contribution in [0, 0.1) is 12.7 Å². The third kappa shape index (κ3) is 5.68. The summed E-state index contributed by atoms with van der Waals surface area (Å²) in [5.41, 5.74) is 2.59. The summed E-state index contributed by atoms with van der Waals surface area (Å²) >= 11 is 0. The van der Waals surface area contributed by atoms with Crippen molar-refractivity contribution in [1.29, 1.82) is 0 Å². The lowest BCUT2D eigenvalue weighted by Crippen LogP contribution is -2.37. The van der Waals surface area contributed by atoms with E-state index in [2.05, 4.69) is 25.9 Å². The Morgan fingerprint density at radius 1 is 1.00 bits per heavy atom. The van der Waals surface area contributed by atoms with Gasteiger partial charge in [-0.3, -0.25) is 14.4 Å². The van der Waals surface area contributed by atoms with Gasteiger partial charge < -0.3 is 25.1 Å². The first-order chi connectivity index (χ1) is 20.2. The molecule has 214 valence electrons. The van der Waals surface area contributed by atoms with E-state index in [1.54, 1.807) is 88.7 Å². The number of carbonyl (C=O) groups is 2. The molecule has 42 heavy (non-hydrogen) atoms. The van der Waals surface area contributed by atoms with E-state index in [-0.39, 0.29) is 29.9 Å². The van der Waals surface area contributed by atoms with Gasteiger partial charge in [0.25, 0.3) is 11.5 Å². The normalized spacial score (nSPS) is 11.8. The Bertz CT molecular complexity index is 1880. The van der Waals surface area contributed by atoms with Crippen molar-refractivity contribution in [2.75, 3.05) is 19.4 Å². The molecule has 0 unspecified atom stereocenters. The smallest absolute Gasteiger partial charge is 0.275 e. The average molecular weight is 568 g/mol. The van der Waals surface area contributed by atoms with Crippen LogP contribution < -0.4 is 21.5 Å². The summed E-state index contributed by atoms with van der Waals surface area (Å²) in [5, 5.41) is 8.91. The fraction of sp³-hybridized carbons (Fsp3) is 0.194. The Balaban J connectivity index is 1.62. The quantitative estimate of drug-likeness (QED) is 0.263. The lowest BCUT2D eigenvalue weighted by atomic mass is 10.1. The number of amides is 2. The number of carbonyl (C=O) groups excluding carboxylic acids is 2. The van der Waals surface area contributed by atoms with Crippen LogP contribution in [0.3, 0.4) is 0 Å². The molecule has 0 spiro atoms. The molecule has 0 saturated heterocycles. The molecule has 5 rings (SSSR count). The summed E-state index contributed by atoms with van der Waals surface area (Å²) < 4.78 is 17.1. The van der Waals surface area contributed by atoms with Gasteiger partial charge in [-0.05, 0) is 75.0 Å². The molecule has 10 nitrogen and oxygen atoms in total. The van der Waals surface area contributed by atoms with Crippen molar-refractivity contribution in [3.05, 3.63) is 106 Å². The summed E-state index contributed by atoms with van der Waals surface area (Å²) in [6.45, 7) is 3.50. The molecule has 2 aromatic carbocycles. The van der Waals surface area contributed by atoms with Crippen LogP contribution in [0.1, 0.15) is 28.8 Å². The molecular weight excluding hydrogens is 537 g/mol. The standard InChI is InChI=1S/C31H30FN7O3/c1-18(33-3)29(40)37-25-9-11-27(20-6-5-7-22(14-20)30(41)34-4)39(31(25)42)17-24-16-28(36-19(2)35-24)38-13-12-21-15-23(32)8-10-26(21)38/h5-16,18,33H,17H2,1-4H3,(H,34,41)(H,37,40)/t18-/m0/s1. The fourth-order valence-corrected chi connectivity index (χ4v) is 4.71. The van der Waals surface area contributed by atoms with Crippen molar-refractivity contribution < 1.29 is 14.0 Å². The van der Waals surface area contributed by atoms with E-state index < -0.39 is 11.6 Å². The Hall–Kier alpha value is -5.16. The van der Waals surface area contributed by atoms with E-state index in [0.717, 1.165) is 10.9 Å². The summed E-state index contributed by atoms with van der Waals surface area (Å²) in [7, 11) is 3.21. The second-order valence-electron chi connectivity index (χ2n) is 9.84. The van der Waals surface area contributed by atoms with Crippen LogP contribution in [0.4, 0.5) is 10.1 Å². The minimum Gasteiger partial charge on any atom is -0.355 e. The van der Waals surface area contributed by atoms with E-state index in [1.807, 2.05) is 4.57 Å². The largest absolute Gasteiger partial charge is 0.355 e. The minimum atomic E-state index is -0.515. The monoisotopic (exact) mass is 567 g/mol. The third-order valence-electron chi connectivity index (χ3n) is 7.00. The van der Waals surface area contributed by atoms with Crippen LogP contribution in [0.25, 0.3) is 28.0 Å². The molecular formula is C31H30FN7O3. The zero-order chi connectivity index (χ0) is 30.0. The van der Waals surface area contributed by atoms with Crippen LogP contribution in [0.5, 0.6) is 0 Å². The number of aromatic nitrogens is 4. The van der Waals surface area contributed by atoms with Crippen molar-refractivity contribution in [2.45, 2.75) is 26.4 Å². The minimum absolute atomic E-state index is 0.0495. The molecule has 3 N–H and O–H groups in total. The van der Waals surface area contributed by atoms with E-state index in [9.17, 15) is 18.8 Å². The molecule has 0 fully saturated rings. The van der Waals surface area contributed by atoms with Crippen molar-refractivity contribution >= 4 is 28.4 Å². The Morgan fingerprint density at radius 3 is 2.57 bits per heavy atom. The Labute approximate surface area is 241 Å². The predicted molar refractivity (Wildman–Crippen MR) is 159 cm³/mol. The first kappa shape index (κ1) is 28.4. The molecule has 2 amide bonds. The second-order valence-corrected chi connectivity index (χ2v) is 9.84. The third-order valence-corrected chi connectivity index (χ3v) is 7.00. The Kier molecular flexibility index (Phi) is 7.94. The fourth-order valence-electron chi connectivity index (χ4n) is 4.71. The number of nitrogens with one attached hydrogen (secondary N) is 3. The number of benzene rings is 2. The first-order valence-corrected chi connectivity index (χ1v) is 13.3. The molecule has 0 aliphatic rings. The van der Waals surface area contributed by atoms with E-state index >= 15 is 0 Å². The maximum atomic E-state index is 13.9. The molecule has 0 saturated carbocycles. The number of fused-ring (bicyclic) bond motifs is 1. The van der Waals surface area contributed by atoms with Crippen LogP contribution in [0.15, 0.2) is 77.7 Å². The molecule has 5 aromatic rings. The number of anilines is 1. The van der Waals surface area contributed by atoms with Gasteiger partial charge in [0.2, 0.25) is 5.91 Å². The van der Waals surface area contributed by atoms with Crippen LogP contribution in [0.2, 0.25) is 0 Å². The zero-order valence-corrected chi connectivity index (χ0v) is 23.6. The van der Waals surface area contributed by atoms with Crippen molar-refractivity contribution in [2.24, 2.45) is 0 Å². The number of rotatable bonds is 8. The van der Waals surface area contributed by atoms with Gasteiger partial charge in [0.1, 0.15) is 23.1 Å². The van der Waals surface area contributed by atoms with Gasteiger partial charge in [0.05, 0.1) is 29.5 Å². The molecule has 11 heteroatoms. The van der Waals surface area contributed by atoms with E-state index in [0.29, 0.717) is 34.2 Å². The number of halogens is 1.